The lowest BCUT2D eigenvalue weighted by Gasteiger charge is -2.17. The molecule has 0 saturated heterocycles. The first-order valence-electron chi connectivity index (χ1n) is 9.03. The van der Waals surface area contributed by atoms with Gasteiger partial charge in [-0.25, -0.2) is 0 Å². The van der Waals surface area contributed by atoms with E-state index in [-0.39, 0.29) is 6.61 Å². The quantitative estimate of drug-likeness (QED) is 0.233. The van der Waals surface area contributed by atoms with Gasteiger partial charge in [-0.1, -0.05) is 19.0 Å². The fraction of sp³-hybridized carbons (Fsp3) is 0.550. The van der Waals surface area contributed by atoms with Gasteiger partial charge in [0.25, 0.3) is 0 Å². The maximum Gasteiger partial charge on any atom is 0.165 e. The van der Waals surface area contributed by atoms with Crippen LogP contribution in [0.4, 0.5) is 4.39 Å². The Kier molecular flexibility index (Phi) is 11.0. The highest BCUT2D eigenvalue weighted by Crippen LogP contribution is 2.31. The van der Waals surface area contributed by atoms with Crippen LogP contribution in [0.25, 0.3) is 0 Å². The number of oxime groups is 1. The van der Waals surface area contributed by atoms with E-state index in [1.165, 1.54) is 6.08 Å². The van der Waals surface area contributed by atoms with Crippen LogP contribution in [0.1, 0.15) is 51.7 Å². The summed E-state index contributed by atoms with van der Waals surface area (Å²) in [6.45, 7) is 9.40. The lowest BCUT2D eigenvalue weighted by Crippen LogP contribution is -2.05. The molecule has 0 aliphatic heterocycles. The second kappa shape index (κ2) is 12.7. The van der Waals surface area contributed by atoms with E-state index >= 15 is 0 Å². The van der Waals surface area contributed by atoms with Crippen molar-refractivity contribution in [3.05, 3.63) is 34.1 Å². The molecule has 0 bridgehead atoms. The van der Waals surface area contributed by atoms with Gasteiger partial charge in [0.15, 0.2) is 4.74 Å². The second-order valence-electron chi connectivity index (χ2n) is 6.01. The molecule has 6 heteroatoms. The molecule has 0 atom stereocenters. The molecule has 0 amide bonds. The number of hydrogen-bond donors (Lipinski definition) is 0. The topological polar surface area (TPSA) is 40.0 Å². The first kappa shape index (κ1) is 22.5. The minimum absolute atomic E-state index is 0.184. The monoisotopic (exact) mass is 429 g/mol. The number of aryl methyl sites for hydroxylation is 2. The van der Waals surface area contributed by atoms with Gasteiger partial charge in [-0.3, -0.25) is 0 Å². The van der Waals surface area contributed by atoms with Crippen molar-refractivity contribution >= 4 is 21.6 Å². The van der Waals surface area contributed by atoms with E-state index in [0.29, 0.717) is 13.2 Å². The molecule has 4 nitrogen and oxygen atoms in total. The first-order chi connectivity index (χ1) is 12.5. The zero-order valence-electron chi connectivity index (χ0n) is 16.1. The van der Waals surface area contributed by atoms with Gasteiger partial charge in [-0.2, -0.15) is 4.39 Å². The predicted octanol–water partition coefficient (Wildman–Crippen LogP) is 5.97. The van der Waals surface area contributed by atoms with Crippen LogP contribution in [0, 0.1) is 0 Å². The Labute approximate surface area is 164 Å². The molecule has 0 saturated carbocycles. The molecule has 0 fully saturated rings. The van der Waals surface area contributed by atoms with Crippen LogP contribution < -0.4 is 9.47 Å². The zero-order chi connectivity index (χ0) is 19.4. The summed E-state index contributed by atoms with van der Waals surface area (Å²) < 4.78 is 24.0. The second-order valence-corrected chi connectivity index (χ2v) is 6.77. The lowest BCUT2D eigenvalue weighted by atomic mass is 10.0. The molecule has 1 aromatic carbocycles. The number of hydrogen-bond acceptors (Lipinski definition) is 4. The normalized spacial score (nSPS) is 11.2. The minimum atomic E-state index is -0.423. The van der Waals surface area contributed by atoms with Crippen molar-refractivity contribution in [2.75, 3.05) is 19.8 Å². The summed E-state index contributed by atoms with van der Waals surface area (Å²) in [5.74, 6) is 1.67. The van der Waals surface area contributed by atoms with E-state index in [1.54, 1.807) is 0 Å². The largest absolute Gasteiger partial charge is 0.493 e. The molecular weight excluding hydrogens is 401 g/mol. The van der Waals surface area contributed by atoms with Crippen LogP contribution in [-0.2, 0) is 17.7 Å². The third-order valence-electron chi connectivity index (χ3n) is 3.59. The van der Waals surface area contributed by atoms with E-state index in [1.807, 2.05) is 26.0 Å². The zero-order valence-corrected chi connectivity index (χ0v) is 17.7. The van der Waals surface area contributed by atoms with Gasteiger partial charge < -0.3 is 14.3 Å². The summed E-state index contributed by atoms with van der Waals surface area (Å²) in [6, 6.07) is 3.94. The van der Waals surface area contributed by atoms with Crippen molar-refractivity contribution in [2.24, 2.45) is 5.16 Å². The summed E-state index contributed by atoms with van der Waals surface area (Å²) >= 11 is 2.75. The van der Waals surface area contributed by atoms with Crippen molar-refractivity contribution in [3.63, 3.8) is 0 Å². The summed E-state index contributed by atoms with van der Waals surface area (Å²) in [7, 11) is 0. The van der Waals surface area contributed by atoms with Gasteiger partial charge in [0, 0.05) is 0 Å². The lowest BCUT2D eigenvalue weighted by molar-refractivity contribution is 0.135. The van der Waals surface area contributed by atoms with E-state index in [2.05, 4.69) is 34.9 Å². The molecule has 0 N–H and O–H groups in total. The number of unbranched alkanes of at least 4 members (excludes halogenated alkanes) is 1. The van der Waals surface area contributed by atoms with Gasteiger partial charge >= 0.3 is 0 Å². The van der Waals surface area contributed by atoms with E-state index in [4.69, 9.17) is 14.3 Å². The SMILES string of the molecule is CCc1cc(OC/C=C(\F)Br)cc(CC)c1OCCCCON=C(C)C. The average molecular weight is 430 g/mol. The van der Waals surface area contributed by atoms with Crippen LogP contribution >= 0.6 is 15.9 Å². The molecule has 0 radical (unpaired) electrons. The Morgan fingerprint density at radius 2 is 1.69 bits per heavy atom. The maximum atomic E-state index is 12.7. The Morgan fingerprint density at radius 3 is 2.23 bits per heavy atom. The minimum Gasteiger partial charge on any atom is -0.493 e. The molecule has 0 unspecified atom stereocenters. The Morgan fingerprint density at radius 1 is 1.08 bits per heavy atom. The number of halogens is 2. The fourth-order valence-corrected chi connectivity index (χ4v) is 2.47. The third-order valence-corrected chi connectivity index (χ3v) is 3.91. The summed E-state index contributed by atoms with van der Waals surface area (Å²) in [4.78, 5) is 5.19. The molecule has 0 spiro atoms. The van der Waals surface area contributed by atoms with Crippen molar-refractivity contribution in [3.8, 4) is 11.5 Å². The summed E-state index contributed by atoms with van der Waals surface area (Å²) in [6.07, 6.45) is 4.82. The fourth-order valence-electron chi connectivity index (χ4n) is 2.33. The molecule has 0 aliphatic rings. The number of benzene rings is 1. The molecular formula is C20H29BrFNO3. The summed E-state index contributed by atoms with van der Waals surface area (Å²) in [5.41, 5.74) is 3.12. The summed E-state index contributed by atoms with van der Waals surface area (Å²) in [5, 5.41) is 3.91. The maximum absolute atomic E-state index is 12.7. The van der Waals surface area contributed by atoms with Crippen molar-refractivity contribution in [2.45, 2.75) is 53.4 Å². The van der Waals surface area contributed by atoms with Gasteiger partial charge in [0.2, 0.25) is 0 Å². The predicted molar refractivity (Wildman–Crippen MR) is 108 cm³/mol. The highest BCUT2D eigenvalue weighted by atomic mass is 79.9. The average Bonchev–Trinajstić information content (AvgIpc) is 2.60. The molecule has 26 heavy (non-hydrogen) atoms. The third kappa shape index (κ3) is 8.70. The van der Waals surface area contributed by atoms with Gasteiger partial charge in [0.05, 0.1) is 12.3 Å². The molecule has 1 rings (SSSR count). The molecule has 0 aromatic heterocycles. The highest BCUT2D eigenvalue weighted by Gasteiger charge is 2.11. The number of ether oxygens (including phenoxy) is 2. The van der Waals surface area contributed by atoms with Crippen LogP contribution in [0.2, 0.25) is 0 Å². The Bertz CT molecular complexity index is 584. The van der Waals surface area contributed by atoms with Crippen LogP contribution in [0.5, 0.6) is 11.5 Å². The van der Waals surface area contributed by atoms with Crippen molar-refractivity contribution in [1.29, 1.82) is 0 Å². The Hall–Kier alpha value is -1.56. The number of rotatable bonds is 12. The van der Waals surface area contributed by atoms with Crippen molar-refractivity contribution in [1.82, 2.24) is 0 Å². The van der Waals surface area contributed by atoms with Crippen LogP contribution in [0.15, 0.2) is 28.1 Å². The molecule has 146 valence electrons. The molecule has 0 aliphatic carbocycles. The van der Waals surface area contributed by atoms with Gasteiger partial charge in [0.1, 0.15) is 24.7 Å². The van der Waals surface area contributed by atoms with E-state index in [9.17, 15) is 4.39 Å². The van der Waals surface area contributed by atoms with Crippen LogP contribution in [-0.4, -0.2) is 25.5 Å². The smallest absolute Gasteiger partial charge is 0.165 e. The highest BCUT2D eigenvalue weighted by molar-refractivity contribution is 9.11. The van der Waals surface area contributed by atoms with E-state index in [0.717, 1.165) is 54.0 Å². The van der Waals surface area contributed by atoms with Gasteiger partial charge in [-0.05, 0) is 84.8 Å². The van der Waals surface area contributed by atoms with Crippen molar-refractivity contribution < 1.29 is 18.7 Å². The number of nitrogens with zero attached hydrogens (tertiary/aromatic N) is 1. The van der Waals surface area contributed by atoms with Crippen LogP contribution in [0.3, 0.4) is 0 Å². The standard InChI is InChI=1S/C20H29BrFNO3/c1-5-16-13-18(24-12-9-19(21)22)14-17(6-2)20(16)25-10-7-8-11-26-23-15(3)4/h9,13-14H,5-8,10-12H2,1-4H3/b19-9-. The molecule has 1 aromatic rings. The first-order valence-corrected chi connectivity index (χ1v) is 9.82. The van der Waals surface area contributed by atoms with E-state index < -0.39 is 4.74 Å². The Balaban J connectivity index is 2.63. The molecule has 0 heterocycles. The van der Waals surface area contributed by atoms with Gasteiger partial charge in [-0.15, -0.1) is 0 Å².